The molecule has 0 spiro atoms. The number of nitrogens with zero attached hydrogens (tertiary/aromatic N) is 2. The van der Waals surface area contributed by atoms with Gasteiger partial charge in [0.2, 0.25) is 0 Å². The predicted molar refractivity (Wildman–Crippen MR) is 505 cm³/mol. The topological polar surface area (TPSA) is 137 Å². The van der Waals surface area contributed by atoms with Gasteiger partial charge in [0.25, 0.3) is 5.92 Å². The highest BCUT2D eigenvalue weighted by molar-refractivity contribution is 4.91. The summed E-state index contributed by atoms with van der Waals surface area (Å²) in [6.07, 6.45) is 27.2. The maximum Gasteiger partial charge on any atom is 0.261 e. The molecule has 4 unspecified atom stereocenters. The zero-order valence-electron chi connectivity index (χ0n) is 83.9. The molecule has 17 heteroatoms. The standard InChI is InChI=1S/C10H21NO.C10H20O2.C10H20O.C9H17F2N.C9H18O2.2C9H18O.C8H18O2.C8H16O.C7H14O.C6H12O.C6H12.CH4/c1-9(2)5-7-11-6-3-4-10(12)8-11;1-8(2)5-6-9-7-11-10(3,4)12-9;1-9(2)3-4-10-5-7-11-8-6-10;1-8(2)3-5-12-6-4-9(10,11)7-12;1-7(2)5-8-6-10-9(3,4)11-8;1-8(2)7-9-3-5-10-6-4-9;1-8(2)3-4-9-5-6-10-7-9;1-8(2)4-5-10-7-6-9-3;1-7(2)3-4-8-5-9-6-8;1-6(2)3-7-4-8-5-7;1-5(2)6(3)7-4;1-5(2)6(3)4;/h9-10,12H,3-8H2,1-2H3;8-9H,5-7H2,1-4H3;9-10H,3-8H2,1-2H3;8H,3-7H2,1-2H3;7-8H,5-6H2,1-4H3;2*8-9H,3-7H2,1-2H3;8H,4-7H2,1-3H3;7-8H,3-6H2,1-2H3;6-7H,3-5H2,1-2H3;5H,3H2,1-2,4H3;6H,1H2,2-4H3;1H4. The molecule has 9 aliphatic heterocycles. The first-order valence-corrected chi connectivity index (χ1v) is 48.2. The van der Waals surface area contributed by atoms with Gasteiger partial charge >= 0.3 is 0 Å². The number of piperidine rings is 1. The molecule has 4 atom stereocenters. The van der Waals surface area contributed by atoms with E-state index >= 15 is 0 Å². The molecule has 0 aliphatic carbocycles. The lowest BCUT2D eigenvalue weighted by Gasteiger charge is -2.30. The molecule has 9 rings (SSSR count). The van der Waals surface area contributed by atoms with Gasteiger partial charge in [-0.1, -0.05) is 218 Å². The molecule has 0 radical (unpaired) electrons. The third kappa shape index (κ3) is 83.3. The average molecular weight is 1710 g/mol. The van der Waals surface area contributed by atoms with Crippen molar-refractivity contribution in [3.8, 4) is 0 Å². The van der Waals surface area contributed by atoms with E-state index in [4.69, 9.17) is 56.8 Å². The van der Waals surface area contributed by atoms with Gasteiger partial charge in [0.15, 0.2) is 11.6 Å². The van der Waals surface area contributed by atoms with Crippen molar-refractivity contribution in [1.82, 2.24) is 9.80 Å². The van der Waals surface area contributed by atoms with Crippen LogP contribution >= 0.6 is 0 Å². The van der Waals surface area contributed by atoms with Gasteiger partial charge in [-0.3, -0.25) is 4.90 Å². The van der Waals surface area contributed by atoms with Gasteiger partial charge in [-0.2, -0.15) is 0 Å². The molecule has 0 saturated carbocycles. The van der Waals surface area contributed by atoms with Crippen LogP contribution in [0, 0.1) is 101 Å². The number of aliphatic hydroxyl groups is 1. The highest BCUT2D eigenvalue weighted by Crippen LogP contribution is 2.30. The van der Waals surface area contributed by atoms with E-state index in [1.807, 2.05) is 53.4 Å². The second kappa shape index (κ2) is 75.5. The van der Waals surface area contributed by atoms with Gasteiger partial charge in [-0.05, 0) is 246 Å². The van der Waals surface area contributed by atoms with Gasteiger partial charge in [0.1, 0.15) is 0 Å². The Morgan fingerprint density at radius 3 is 1.15 bits per heavy atom. The lowest BCUT2D eigenvalue weighted by Crippen LogP contribution is -2.39. The molecule has 0 aromatic carbocycles. The maximum atomic E-state index is 12.7. The summed E-state index contributed by atoms with van der Waals surface area (Å²) in [6.45, 7) is 89.1. The number of alkyl halides is 2. The van der Waals surface area contributed by atoms with E-state index in [1.54, 1.807) is 14.2 Å². The second-order valence-electron chi connectivity index (χ2n) is 41.3. The molecular weight excluding hydrogens is 1500 g/mol. The highest BCUT2D eigenvalue weighted by Gasteiger charge is 2.38. The first kappa shape index (κ1) is 124. The van der Waals surface area contributed by atoms with Crippen LogP contribution in [-0.4, -0.2) is 203 Å². The Morgan fingerprint density at radius 1 is 0.420 bits per heavy atom. The van der Waals surface area contributed by atoms with Crippen molar-refractivity contribution < 1.29 is 70.7 Å². The summed E-state index contributed by atoms with van der Waals surface area (Å²) < 4.78 is 88.4. The molecular formula is C102H208F2N2O13. The number of hydrogen-bond donors (Lipinski definition) is 1. The van der Waals surface area contributed by atoms with E-state index in [0.29, 0.717) is 49.0 Å². The summed E-state index contributed by atoms with van der Waals surface area (Å²) in [4.78, 5) is 4.24. The Bertz CT molecular complexity index is 2160. The quantitative estimate of drug-likeness (QED) is 0.0379. The first-order chi connectivity index (χ1) is 55.2. The number of β-amino-alcohol motifs (C(OH)–C–C–N with tert-alkyl or cyclic N) is 1. The van der Waals surface area contributed by atoms with Crippen molar-refractivity contribution in [3.63, 3.8) is 0 Å². The molecule has 9 heterocycles. The fourth-order valence-corrected chi connectivity index (χ4v) is 13.5. The normalized spacial score (nSPS) is 21.5. The van der Waals surface area contributed by atoms with Crippen molar-refractivity contribution in [3.05, 3.63) is 24.5 Å². The van der Waals surface area contributed by atoms with Crippen LogP contribution in [0.25, 0.3) is 0 Å². The molecule has 9 fully saturated rings. The number of hydrogen-bond acceptors (Lipinski definition) is 15. The molecule has 0 aromatic heterocycles. The molecule has 15 nitrogen and oxygen atoms in total. The zero-order valence-corrected chi connectivity index (χ0v) is 83.9. The van der Waals surface area contributed by atoms with Gasteiger partial charge in [-0.15, -0.1) is 0 Å². The third-order valence-corrected chi connectivity index (χ3v) is 22.1. The molecule has 0 amide bonds. The number of likely N-dealkylation sites (tertiary alicyclic amines) is 2. The van der Waals surface area contributed by atoms with Crippen LogP contribution in [-0.2, 0) is 56.8 Å². The molecule has 9 aliphatic rings. The van der Waals surface area contributed by atoms with E-state index in [9.17, 15) is 13.9 Å². The van der Waals surface area contributed by atoms with Gasteiger partial charge in [0.05, 0.1) is 90.6 Å². The summed E-state index contributed by atoms with van der Waals surface area (Å²) >= 11 is 0. The van der Waals surface area contributed by atoms with Crippen LogP contribution in [0.3, 0.4) is 0 Å². The molecule has 1 N–H and O–H groups in total. The Hall–Kier alpha value is -1.42. The minimum absolute atomic E-state index is 0. The van der Waals surface area contributed by atoms with Crippen molar-refractivity contribution in [2.75, 3.05) is 153 Å². The first-order valence-electron chi connectivity index (χ1n) is 48.2. The van der Waals surface area contributed by atoms with E-state index in [1.165, 1.54) is 115 Å². The second-order valence-corrected chi connectivity index (χ2v) is 41.3. The molecule has 119 heavy (non-hydrogen) atoms. The summed E-state index contributed by atoms with van der Waals surface area (Å²) in [5, 5.41) is 9.40. The van der Waals surface area contributed by atoms with Crippen LogP contribution in [0.4, 0.5) is 8.78 Å². The SMILES string of the molecule is C.C=C(C)C(C)C.C=C(OC)C(C)C.CC(C)CC1CCOCC1.CC(C)CC1COC(C)(C)O1.CC(C)CC1COC1.CC(C)CCC1CCOC1.CC(C)CCC1CCOCC1.CC(C)CCC1COC(C)(C)O1.CC(C)CCC1COC1.CC(C)CCN1CCC(F)(F)C1.CC(C)CCN1CCCC(O)C1.COCCOCCC(C)C. The Kier molecular flexibility index (Phi) is 78.6. The van der Waals surface area contributed by atoms with Gasteiger partial charge in [0, 0.05) is 90.6 Å². The zero-order chi connectivity index (χ0) is 90.2. The third-order valence-electron chi connectivity index (χ3n) is 22.1. The minimum atomic E-state index is -2.42. The molecule has 0 bridgehead atoms. The number of rotatable bonds is 33. The smallest absolute Gasteiger partial charge is 0.261 e. The maximum absolute atomic E-state index is 12.7. The summed E-state index contributed by atoms with van der Waals surface area (Å²) in [6, 6.07) is 0. The van der Waals surface area contributed by atoms with Crippen molar-refractivity contribution in [2.45, 2.75) is 385 Å². The molecule has 718 valence electrons. The largest absolute Gasteiger partial charge is 0.501 e. The van der Waals surface area contributed by atoms with Crippen LogP contribution in [0.1, 0.15) is 349 Å². The monoisotopic (exact) mass is 1710 g/mol. The number of methoxy groups -OCH3 is 2. The van der Waals surface area contributed by atoms with Crippen molar-refractivity contribution in [1.29, 1.82) is 0 Å². The van der Waals surface area contributed by atoms with E-state index in [2.05, 4.69) is 170 Å². The Balaban J connectivity index is -0.000000608. The Labute approximate surface area is 739 Å². The fourth-order valence-electron chi connectivity index (χ4n) is 13.5. The number of halogens is 2. The van der Waals surface area contributed by atoms with Crippen LogP contribution in [0.15, 0.2) is 24.5 Å². The summed E-state index contributed by atoms with van der Waals surface area (Å²) in [5.41, 5.74) is 1.26. The summed E-state index contributed by atoms with van der Waals surface area (Å²) in [5.74, 6) is 11.3. The predicted octanol–water partition coefficient (Wildman–Crippen LogP) is 26.5. The average Bonchev–Trinajstić information content (AvgIpc) is 1.74. The van der Waals surface area contributed by atoms with Crippen LogP contribution < -0.4 is 0 Å². The van der Waals surface area contributed by atoms with Gasteiger partial charge < -0.3 is 66.8 Å². The Morgan fingerprint density at radius 2 is 0.815 bits per heavy atom. The van der Waals surface area contributed by atoms with E-state index in [-0.39, 0.29) is 38.1 Å². The van der Waals surface area contributed by atoms with E-state index in [0.717, 1.165) is 227 Å². The van der Waals surface area contributed by atoms with E-state index < -0.39 is 5.92 Å². The number of ether oxygens (including phenoxy) is 12. The van der Waals surface area contributed by atoms with Crippen LogP contribution in [0.5, 0.6) is 0 Å². The van der Waals surface area contributed by atoms with Gasteiger partial charge in [-0.25, -0.2) is 8.78 Å². The fraction of sp³-hybridized carbons (Fsp3) is 0.961. The molecule has 9 saturated heterocycles. The van der Waals surface area contributed by atoms with Crippen LogP contribution in [0.2, 0.25) is 0 Å². The van der Waals surface area contributed by atoms with Crippen molar-refractivity contribution in [2.24, 2.45) is 101 Å². The minimum Gasteiger partial charge on any atom is -0.501 e. The lowest BCUT2D eigenvalue weighted by atomic mass is 9.91. The molecule has 0 aromatic rings. The van der Waals surface area contributed by atoms with Crippen molar-refractivity contribution >= 4 is 0 Å². The lowest BCUT2D eigenvalue weighted by molar-refractivity contribution is -0.140. The number of aliphatic hydroxyl groups excluding tert-OH is 1. The summed E-state index contributed by atoms with van der Waals surface area (Å²) in [7, 11) is 3.33. The number of allylic oxidation sites excluding steroid dienone is 2. The highest BCUT2D eigenvalue weighted by atomic mass is 19.3.